The molecule has 2 heterocycles. The molecule has 24 heavy (non-hydrogen) atoms. The maximum atomic E-state index is 12.4. The minimum Gasteiger partial charge on any atom is -0.374 e. The fraction of sp³-hybridized carbons (Fsp3) is 0.611. The number of hydrogen-bond donors (Lipinski definition) is 2. The molecule has 2 amide bonds. The zero-order chi connectivity index (χ0) is 17.2. The Balaban J connectivity index is 1.80. The van der Waals surface area contributed by atoms with E-state index in [0.717, 1.165) is 37.9 Å². The van der Waals surface area contributed by atoms with E-state index in [2.05, 4.69) is 17.6 Å². The van der Waals surface area contributed by atoms with Crippen LogP contribution in [0.1, 0.15) is 31.7 Å². The monoisotopic (exact) mass is 351 g/mol. The van der Waals surface area contributed by atoms with E-state index >= 15 is 0 Å². The first-order chi connectivity index (χ1) is 11.5. The average Bonchev–Trinajstić information content (AvgIpc) is 2.95. The number of nitrogens with zero attached hydrogens (tertiary/aromatic N) is 1. The predicted octanol–water partition coefficient (Wildman–Crippen LogP) is 2.74. The van der Waals surface area contributed by atoms with Gasteiger partial charge in [-0.3, -0.25) is 0 Å². The molecule has 6 heteroatoms. The van der Waals surface area contributed by atoms with Crippen LogP contribution in [0.15, 0.2) is 24.3 Å². The zero-order valence-electron chi connectivity index (χ0n) is 14.3. The first kappa shape index (κ1) is 17.5. The van der Waals surface area contributed by atoms with E-state index < -0.39 is 5.60 Å². The van der Waals surface area contributed by atoms with Gasteiger partial charge in [0, 0.05) is 31.1 Å². The topological polar surface area (TPSA) is 53.6 Å². The minimum absolute atomic E-state index is 0.0523. The number of piperidine rings is 1. The highest BCUT2D eigenvalue weighted by Crippen LogP contribution is 2.34. The Morgan fingerprint density at radius 3 is 2.79 bits per heavy atom. The van der Waals surface area contributed by atoms with Crippen LogP contribution in [0.25, 0.3) is 0 Å². The molecule has 2 N–H and O–H groups in total. The first-order valence-electron chi connectivity index (χ1n) is 8.61. The Morgan fingerprint density at radius 2 is 2.12 bits per heavy atom. The molecule has 3 rings (SSSR count). The lowest BCUT2D eigenvalue weighted by molar-refractivity contribution is -0.0232. The Bertz CT molecular complexity index is 591. The Hall–Kier alpha value is -1.30. The smallest absolute Gasteiger partial charge is 0.318 e. The van der Waals surface area contributed by atoms with Gasteiger partial charge in [-0.25, -0.2) is 4.79 Å². The molecule has 0 aliphatic carbocycles. The fourth-order valence-electron chi connectivity index (χ4n) is 3.87. The molecule has 2 fully saturated rings. The highest BCUT2D eigenvalue weighted by Gasteiger charge is 2.41. The third-order valence-electron chi connectivity index (χ3n) is 5.33. The van der Waals surface area contributed by atoms with Crippen molar-refractivity contribution in [2.75, 3.05) is 26.7 Å². The number of urea groups is 1. The van der Waals surface area contributed by atoms with Gasteiger partial charge < -0.3 is 20.3 Å². The van der Waals surface area contributed by atoms with Crippen LogP contribution in [-0.4, -0.2) is 49.8 Å². The van der Waals surface area contributed by atoms with Crippen LogP contribution >= 0.6 is 11.6 Å². The van der Waals surface area contributed by atoms with E-state index in [9.17, 15) is 4.79 Å². The quantitative estimate of drug-likeness (QED) is 0.857. The number of carbonyl (C=O) groups is 1. The minimum atomic E-state index is -0.479. The summed E-state index contributed by atoms with van der Waals surface area (Å²) in [5.41, 5.74) is 0.564. The van der Waals surface area contributed by atoms with Gasteiger partial charge in [-0.05, 0) is 50.6 Å². The van der Waals surface area contributed by atoms with Crippen molar-refractivity contribution < 1.29 is 9.53 Å². The lowest BCUT2D eigenvalue weighted by Crippen LogP contribution is -2.49. The van der Waals surface area contributed by atoms with Gasteiger partial charge >= 0.3 is 6.03 Å². The summed E-state index contributed by atoms with van der Waals surface area (Å²) in [4.78, 5) is 14.4. The second-order valence-electron chi connectivity index (χ2n) is 6.88. The molecule has 0 saturated carbocycles. The summed E-state index contributed by atoms with van der Waals surface area (Å²) in [6.45, 7) is 4.68. The molecule has 1 aromatic carbocycles. The van der Waals surface area contributed by atoms with Gasteiger partial charge in [-0.15, -0.1) is 0 Å². The number of rotatable bonds is 5. The molecule has 0 bridgehead atoms. The van der Waals surface area contributed by atoms with Crippen molar-refractivity contribution in [2.45, 2.75) is 43.9 Å². The number of benzene rings is 1. The van der Waals surface area contributed by atoms with Gasteiger partial charge in [0.05, 0.1) is 11.6 Å². The summed E-state index contributed by atoms with van der Waals surface area (Å²) in [5, 5.41) is 7.07. The van der Waals surface area contributed by atoms with Crippen LogP contribution in [0, 0.1) is 0 Å². The van der Waals surface area contributed by atoms with E-state index in [1.54, 1.807) is 7.11 Å². The van der Waals surface area contributed by atoms with E-state index in [4.69, 9.17) is 16.3 Å². The largest absolute Gasteiger partial charge is 0.374 e. The van der Waals surface area contributed by atoms with Gasteiger partial charge in [-0.2, -0.15) is 0 Å². The van der Waals surface area contributed by atoms with E-state index in [-0.39, 0.29) is 12.1 Å². The highest BCUT2D eigenvalue weighted by atomic mass is 35.5. The Kier molecular flexibility index (Phi) is 5.33. The third kappa shape index (κ3) is 3.53. The molecule has 2 unspecified atom stereocenters. The molecule has 2 aliphatic heterocycles. The van der Waals surface area contributed by atoms with Crippen LogP contribution < -0.4 is 10.6 Å². The molecule has 2 atom stereocenters. The van der Waals surface area contributed by atoms with Crippen molar-refractivity contribution in [3.8, 4) is 0 Å². The van der Waals surface area contributed by atoms with Gasteiger partial charge in [0.2, 0.25) is 0 Å². The predicted molar refractivity (Wildman–Crippen MR) is 95.3 cm³/mol. The number of nitrogens with one attached hydrogen (secondary N) is 2. The summed E-state index contributed by atoms with van der Waals surface area (Å²) >= 11 is 6.16. The molecular weight excluding hydrogens is 326 g/mol. The molecular formula is C18H26ClN3O2. The third-order valence-corrected chi connectivity index (χ3v) is 5.56. The zero-order valence-corrected chi connectivity index (χ0v) is 15.1. The van der Waals surface area contributed by atoms with Crippen molar-refractivity contribution in [3.05, 3.63) is 34.9 Å². The number of amides is 2. The number of ether oxygens (including phenoxy) is 1. The summed E-state index contributed by atoms with van der Waals surface area (Å²) in [6, 6.07) is 8.28. The number of carbonyl (C=O) groups excluding carboxylic acids is 1. The van der Waals surface area contributed by atoms with Crippen molar-refractivity contribution in [1.82, 2.24) is 15.5 Å². The van der Waals surface area contributed by atoms with Gasteiger partial charge in [-0.1, -0.05) is 23.7 Å². The number of hydrogen-bond acceptors (Lipinski definition) is 3. The molecule has 5 nitrogen and oxygen atoms in total. The van der Waals surface area contributed by atoms with Crippen molar-refractivity contribution in [2.24, 2.45) is 0 Å². The number of halogens is 1. The second kappa shape index (κ2) is 7.30. The average molecular weight is 352 g/mol. The lowest BCUT2D eigenvalue weighted by atomic mass is 9.87. The normalized spacial score (nSPS) is 24.7. The fourth-order valence-corrected chi connectivity index (χ4v) is 4.06. The van der Waals surface area contributed by atoms with E-state index in [1.807, 2.05) is 29.2 Å². The van der Waals surface area contributed by atoms with E-state index in [0.29, 0.717) is 17.6 Å². The molecule has 2 aliphatic rings. The standard InChI is InChI=1S/C18H26ClN3O2/c1-18(24-2,13-4-3-5-14(19)10-13)11-16-12-21-17(23)22(16)15-6-8-20-9-7-15/h3-5,10,15-16,20H,6-9,11-12H2,1-2H3,(H,21,23). The van der Waals surface area contributed by atoms with Crippen molar-refractivity contribution in [3.63, 3.8) is 0 Å². The molecule has 132 valence electrons. The van der Waals surface area contributed by atoms with Gasteiger partial charge in [0.15, 0.2) is 0 Å². The van der Waals surface area contributed by atoms with Crippen molar-refractivity contribution in [1.29, 1.82) is 0 Å². The molecule has 0 spiro atoms. The Labute approximate surface area is 148 Å². The summed E-state index contributed by atoms with van der Waals surface area (Å²) in [6.07, 6.45) is 2.75. The van der Waals surface area contributed by atoms with Crippen LogP contribution in [0.2, 0.25) is 5.02 Å². The SMILES string of the molecule is COC(C)(CC1CNC(=O)N1C1CCNCC1)c1cccc(Cl)c1. The van der Waals surface area contributed by atoms with Crippen LogP contribution in [0.3, 0.4) is 0 Å². The molecule has 0 aromatic heterocycles. The van der Waals surface area contributed by atoms with Crippen LogP contribution in [-0.2, 0) is 10.3 Å². The summed E-state index contributed by atoms with van der Waals surface area (Å²) in [7, 11) is 1.72. The highest BCUT2D eigenvalue weighted by molar-refractivity contribution is 6.30. The molecule has 1 aromatic rings. The maximum Gasteiger partial charge on any atom is 0.318 e. The molecule has 0 radical (unpaired) electrons. The van der Waals surface area contributed by atoms with Crippen LogP contribution in [0.5, 0.6) is 0 Å². The van der Waals surface area contributed by atoms with Crippen molar-refractivity contribution >= 4 is 17.6 Å². The summed E-state index contributed by atoms with van der Waals surface area (Å²) in [5.74, 6) is 0. The maximum absolute atomic E-state index is 12.4. The lowest BCUT2D eigenvalue weighted by Gasteiger charge is -2.39. The Morgan fingerprint density at radius 1 is 1.38 bits per heavy atom. The summed E-state index contributed by atoms with van der Waals surface area (Å²) < 4.78 is 5.87. The van der Waals surface area contributed by atoms with Crippen LogP contribution in [0.4, 0.5) is 4.79 Å². The van der Waals surface area contributed by atoms with Gasteiger partial charge in [0.25, 0.3) is 0 Å². The second-order valence-corrected chi connectivity index (χ2v) is 7.31. The molecule has 2 saturated heterocycles. The number of methoxy groups -OCH3 is 1. The van der Waals surface area contributed by atoms with Gasteiger partial charge in [0.1, 0.15) is 0 Å². The van der Waals surface area contributed by atoms with E-state index in [1.165, 1.54) is 0 Å². The first-order valence-corrected chi connectivity index (χ1v) is 8.99.